The molecule has 1 aromatic heterocycles. The Kier molecular flexibility index (Phi) is 7.40. The summed E-state index contributed by atoms with van der Waals surface area (Å²) in [6, 6.07) is 15.9. The van der Waals surface area contributed by atoms with E-state index in [1.165, 1.54) is 11.8 Å². The lowest BCUT2D eigenvalue weighted by Gasteiger charge is -2.16. The van der Waals surface area contributed by atoms with Crippen LogP contribution in [0.2, 0.25) is 0 Å². The molecule has 0 spiro atoms. The lowest BCUT2D eigenvalue weighted by atomic mass is 10.1. The summed E-state index contributed by atoms with van der Waals surface area (Å²) in [6.07, 6.45) is 4.93. The average molecular weight is 481 g/mol. The third-order valence-electron chi connectivity index (χ3n) is 5.40. The quantitative estimate of drug-likeness (QED) is 0.214. The van der Waals surface area contributed by atoms with Crippen molar-refractivity contribution in [2.45, 2.75) is 26.8 Å². The van der Waals surface area contributed by atoms with Crippen molar-refractivity contribution in [1.29, 1.82) is 0 Å². The number of para-hydroxylation sites is 3. The van der Waals surface area contributed by atoms with Crippen molar-refractivity contribution >= 4 is 51.2 Å². The van der Waals surface area contributed by atoms with Gasteiger partial charge in [-0.15, -0.1) is 0 Å². The van der Waals surface area contributed by atoms with Crippen molar-refractivity contribution in [3.8, 4) is 11.5 Å². The van der Waals surface area contributed by atoms with Crippen molar-refractivity contribution in [3.05, 3.63) is 65.2 Å². The normalized spacial score (nSPS) is 15.3. The smallest absolute Gasteiger partial charge is 0.266 e. The predicted molar refractivity (Wildman–Crippen MR) is 140 cm³/mol. The number of ether oxygens (including phenoxy) is 2. The first kappa shape index (κ1) is 23.4. The molecule has 2 aromatic carbocycles. The molecule has 33 heavy (non-hydrogen) atoms. The van der Waals surface area contributed by atoms with Crippen LogP contribution in [0.15, 0.2) is 59.6 Å². The van der Waals surface area contributed by atoms with Crippen molar-refractivity contribution in [2.75, 3.05) is 20.3 Å². The molecule has 1 amide bonds. The Morgan fingerprint density at radius 3 is 2.58 bits per heavy atom. The van der Waals surface area contributed by atoms with Crippen LogP contribution in [-0.2, 0) is 11.3 Å². The highest BCUT2D eigenvalue weighted by Gasteiger charge is 2.32. The summed E-state index contributed by atoms with van der Waals surface area (Å²) < 4.78 is 14.1. The van der Waals surface area contributed by atoms with Crippen LogP contribution in [-0.4, -0.2) is 40.0 Å². The Morgan fingerprint density at radius 1 is 1.09 bits per heavy atom. The van der Waals surface area contributed by atoms with E-state index >= 15 is 0 Å². The van der Waals surface area contributed by atoms with E-state index in [4.69, 9.17) is 21.7 Å². The highest BCUT2D eigenvalue weighted by molar-refractivity contribution is 8.26. The van der Waals surface area contributed by atoms with Gasteiger partial charge in [-0.05, 0) is 36.6 Å². The number of fused-ring (bicyclic) bond motifs is 1. The molecule has 1 aliphatic rings. The molecular formula is C26H28N2O3S2. The number of benzene rings is 2. The van der Waals surface area contributed by atoms with Gasteiger partial charge >= 0.3 is 0 Å². The third kappa shape index (κ3) is 5.25. The monoisotopic (exact) mass is 480 g/mol. The molecule has 0 saturated carbocycles. The van der Waals surface area contributed by atoms with Crippen LogP contribution >= 0.6 is 24.0 Å². The van der Waals surface area contributed by atoms with Crippen molar-refractivity contribution < 1.29 is 14.3 Å². The fourth-order valence-corrected chi connectivity index (χ4v) is 5.16. The first-order valence-electron chi connectivity index (χ1n) is 11.1. The number of rotatable bonds is 9. The lowest BCUT2D eigenvalue weighted by molar-refractivity contribution is -0.122. The Bertz CT molecular complexity index is 1200. The number of thioether (sulfide) groups is 1. The van der Waals surface area contributed by atoms with Gasteiger partial charge in [-0.3, -0.25) is 9.69 Å². The first-order chi connectivity index (χ1) is 16.0. The van der Waals surface area contributed by atoms with Crippen LogP contribution in [0, 0.1) is 5.92 Å². The van der Waals surface area contributed by atoms with Crippen LogP contribution in [0.25, 0.3) is 17.0 Å². The molecule has 5 nitrogen and oxygen atoms in total. The van der Waals surface area contributed by atoms with E-state index in [0.717, 1.165) is 40.9 Å². The van der Waals surface area contributed by atoms with Crippen LogP contribution in [0.5, 0.6) is 11.5 Å². The number of nitrogens with zero attached hydrogens (tertiary/aromatic N) is 2. The second kappa shape index (κ2) is 10.4. The number of carbonyl (C=O) groups is 1. The number of aromatic nitrogens is 1. The lowest BCUT2D eigenvalue weighted by Crippen LogP contribution is -2.31. The van der Waals surface area contributed by atoms with E-state index in [-0.39, 0.29) is 5.91 Å². The minimum absolute atomic E-state index is 0.000685. The minimum Gasteiger partial charge on any atom is -0.493 e. The van der Waals surface area contributed by atoms with Gasteiger partial charge in [-0.25, -0.2) is 0 Å². The van der Waals surface area contributed by atoms with Gasteiger partial charge in [0.1, 0.15) is 4.32 Å². The molecule has 2 heterocycles. The summed E-state index contributed by atoms with van der Waals surface area (Å²) in [4.78, 5) is 15.3. The molecule has 1 fully saturated rings. The van der Waals surface area contributed by atoms with E-state index in [0.29, 0.717) is 28.3 Å². The maximum absolute atomic E-state index is 12.9. The van der Waals surface area contributed by atoms with Crippen LogP contribution in [0.1, 0.15) is 25.8 Å². The molecule has 0 atom stereocenters. The van der Waals surface area contributed by atoms with Gasteiger partial charge in [0.2, 0.25) is 0 Å². The summed E-state index contributed by atoms with van der Waals surface area (Å²) >= 11 is 6.85. The van der Waals surface area contributed by atoms with Gasteiger partial charge in [0, 0.05) is 35.8 Å². The zero-order chi connectivity index (χ0) is 23.4. The molecule has 4 rings (SSSR count). The number of hydrogen-bond acceptors (Lipinski definition) is 5. The van der Waals surface area contributed by atoms with Crippen LogP contribution < -0.4 is 9.47 Å². The summed E-state index contributed by atoms with van der Waals surface area (Å²) in [5, 5.41) is 1.12. The number of aryl methyl sites for hydroxylation is 1. The Hall–Kier alpha value is -2.77. The van der Waals surface area contributed by atoms with E-state index in [2.05, 4.69) is 36.7 Å². The molecule has 172 valence electrons. The SMILES string of the molecule is COc1ccccc1OCCCn1cc(/C=C2\SC(=S)N(CC(C)C)C2=O)c2ccccc21. The molecule has 0 radical (unpaired) electrons. The summed E-state index contributed by atoms with van der Waals surface area (Å²) in [6.45, 7) is 6.21. The number of thiocarbonyl (C=S) groups is 1. The van der Waals surface area contributed by atoms with Crippen molar-refractivity contribution in [1.82, 2.24) is 9.47 Å². The number of amides is 1. The van der Waals surface area contributed by atoms with Crippen molar-refractivity contribution in [3.63, 3.8) is 0 Å². The molecule has 7 heteroatoms. The first-order valence-corrected chi connectivity index (χ1v) is 12.3. The van der Waals surface area contributed by atoms with E-state index in [1.54, 1.807) is 12.0 Å². The van der Waals surface area contributed by atoms with Gasteiger partial charge < -0.3 is 14.0 Å². The highest BCUT2D eigenvalue weighted by atomic mass is 32.2. The van der Waals surface area contributed by atoms with Gasteiger partial charge in [0.15, 0.2) is 11.5 Å². The van der Waals surface area contributed by atoms with E-state index < -0.39 is 0 Å². The standard InChI is InChI=1S/C26H28N2O3S2/c1-18(2)16-28-25(29)24(33-26(28)32)15-19-17-27(21-10-5-4-9-20(19)21)13-8-14-31-23-12-7-6-11-22(23)30-3/h4-7,9-12,15,17-18H,8,13-14,16H2,1-3H3/b24-15-. The van der Waals surface area contributed by atoms with E-state index in [9.17, 15) is 4.79 Å². The highest BCUT2D eigenvalue weighted by Crippen LogP contribution is 2.35. The molecule has 1 aliphatic heterocycles. The Morgan fingerprint density at radius 2 is 1.82 bits per heavy atom. The number of hydrogen-bond donors (Lipinski definition) is 0. The summed E-state index contributed by atoms with van der Waals surface area (Å²) in [5.74, 6) is 1.86. The molecule has 3 aromatic rings. The molecule has 0 N–H and O–H groups in total. The fraction of sp³-hybridized carbons (Fsp3) is 0.308. The molecule has 0 unspecified atom stereocenters. The van der Waals surface area contributed by atoms with Crippen LogP contribution in [0.3, 0.4) is 0 Å². The number of carbonyl (C=O) groups excluding carboxylic acids is 1. The van der Waals surface area contributed by atoms with Gasteiger partial charge in [-0.1, -0.05) is 68.2 Å². The Labute approximate surface area is 204 Å². The predicted octanol–water partition coefficient (Wildman–Crippen LogP) is 5.98. The zero-order valence-electron chi connectivity index (χ0n) is 19.1. The zero-order valence-corrected chi connectivity index (χ0v) is 20.7. The largest absolute Gasteiger partial charge is 0.493 e. The second-order valence-electron chi connectivity index (χ2n) is 8.33. The molecular weight excluding hydrogens is 452 g/mol. The van der Waals surface area contributed by atoms with Crippen LogP contribution in [0.4, 0.5) is 0 Å². The molecule has 0 aliphatic carbocycles. The fourth-order valence-electron chi connectivity index (χ4n) is 3.89. The molecule has 1 saturated heterocycles. The van der Waals surface area contributed by atoms with Gasteiger partial charge in [0.25, 0.3) is 5.91 Å². The van der Waals surface area contributed by atoms with Crippen molar-refractivity contribution in [2.24, 2.45) is 5.92 Å². The summed E-state index contributed by atoms with van der Waals surface area (Å²) in [7, 11) is 1.65. The maximum Gasteiger partial charge on any atom is 0.266 e. The summed E-state index contributed by atoms with van der Waals surface area (Å²) in [5.41, 5.74) is 2.17. The third-order valence-corrected chi connectivity index (χ3v) is 6.78. The maximum atomic E-state index is 12.9. The Balaban J connectivity index is 1.49. The minimum atomic E-state index is 0.000685. The topological polar surface area (TPSA) is 43.7 Å². The average Bonchev–Trinajstić information content (AvgIpc) is 3.29. The number of methoxy groups -OCH3 is 1. The van der Waals surface area contributed by atoms with Gasteiger partial charge in [-0.2, -0.15) is 0 Å². The van der Waals surface area contributed by atoms with E-state index in [1.807, 2.05) is 42.5 Å². The molecule has 0 bridgehead atoms. The van der Waals surface area contributed by atoms with Gasteiger partial charge in [0.05, 0.1) is 18.6 Å². The second-order valence-corrected chi connectivity index (χ2v) is 10.0.